The van der Waals surface area contributed by atoms with E-state index in [1.54, 1.807) is 6.07 Å². The van der Waals surface area contributed by atoms with Gasteiger partial charge in [-0.3, -0.25) is 0 Å². The van der Waals surface area contributed by atoms with Crippen LogP contribution in [0.4, 0.5) is 4.39 Å². The Balaban J connectivity index is 1.78. The Hall–Kier alpha value is -1.09. The predicted octanol–water partition coefficient (Wildman–Crippen LogP) is 3.36. The van der Waals surface area contributed by atoms with Gasteiger partial charge in [-0.1, -0.05) is 18.6 Å². The predicted molar refractivity (Wildman–Crippen MR) is 60.5 cm³/mol. The highest BCUT2D eigenvalue weighted by molar-refractivity contribution is 5.43. The van der Waals surface area contributed by atoms with Crippen molar-refractivity contribution in [3.05, 3.63) is 29.6 Å². The molecule has 1 aromatic carbocycles. The maximum Gasteiger partial charge on any atom is 0.165 e. The van der Waals surface area contributed by atoms with E-state index < -0.39 is 0 Å². The van der Waals surface area contributed by atoms with Crippen molar-refractivity contribution in [2.75, 3.05) is 0 Å². The summed E-state index contributed by atoms with van der Waals surface area (Å²) in [6, 6.07) is 5.12. The Morgan fingerprint density at radius 2 is 2.00 bits per heavy atom. The molecule has 2 nitrogen and oxygen atoms in total. The molecule has 1 spiro atoms. The molecule has 4 rings (SSSR count). The van der Waals surface area contributed by atoms with Gasteiger partial charge in [-0.2, -0.15) is 0 Å². The van der Waals surface area contributed by atoms with E-state index in [0.29, 0.717) is 5.75 Å². The summed E-state index contributed by atoms with van der Waals surface area (Å²) >= 11 is 0. The Morgan fingerprint density at radius 1 is 1.18 bits per heavy atom. The van der Waals surface area contributed by atoms with Crippen molar-refractivity contribution in [1.82, 2.24) is 0 Å². The average Bonchev–Trinajstić information content (AvgIpc) is 3.14. The van der Waals surface area contributed by atoms with Gasteiger partial charge in [-0.05, 0) is 31.7 Å². The topological polar surface area (TPSA) is 21.8 Å². The second-order valence-corrected chi connectivity index (χ2v) is 5.36. The van der Waals surface area contributed by atoms with E-state index in [1.165, 1.54) is 12.5 Å². The second kappa shape index (κ2) is 3.22. The van der Waals surface area contributed by atoms with Gasteiger partial charge in [0.25, 0.3) is 0 Å². The van der Waals surface area contributed by atoms with Gasteiger partial charge in [0.05, 0.1) is 0 Å². The fourth-order valence-electron chi connectivity index (χ4n) is 3.40. The average molecular weight is 234 g/mol. The molecule has 1 saturated heterocycles. The van der Waals surface area contributed by atoms with Gasteiger partial charge in [0.15, 0.2) is 11.6 Å². The molecule has 1 aliphatic carbocycles. The number of ether oxygens (including phenoxy) is 2. The zero-order valence-corrected chi connectivity index (χ0v) is 9.62. The zero-order valence-electron chi connectivity index (χ0n) is 9.62. The van der Waals surface area contributed by atoms with Gasteiger partial charge in [0, 0.05) is 5.56 Å². The third kappa shape index (κ3) is 1.29. The number of hydrogen-bond acceptors (Lipinski definition) is 2. The van der Waals surface area contributed by atoms with E-state index in [4.69, 9.17) is 9.47 Å². The number of rotatable bonds is 0. The summed E-state index contributed by atoms with van der Waals surface area (Å²) in [6.07, 6.45) is 5.83. The number of para-hydroxylation sites is 1. The van der Waals surface area contributed by atoms with Crippen LogP contribution in [0.2, 0.25) is 0 Å². The molecule has 2 atom stereocenters. The first kappa shape index (κ1) is 9.89. The lowest BCUT2D eigenvalue weighted by molar-refractivity contribution is -0.00176. The molecule has 0 radical (unpaired) electrons. The molecule has 3 aliphatic rings. The minimum absolute atomic E-state index is 0.0764. The highest BCUT2D eigenvalue weighted by atomic mass is 19.1. The maximum absolute atomic E-state index is 13.8. The fourth-order valence-corrected chi connectivity index (χ4v) is 3.40. The van der Waals surface area contributed by atoms with Crippen molar-refractivity contribution in [1.29, 1.82) is 0 Å². The Labute approximate surface area is 99.7 Å². The first-order valence-corrected chi connectivity index (χ1v) is 6.43. The standard InChI is InChI=1S/C14H15FO2/c15-10-6-4-5-9-11(10)17-14(13-12(9)16-13)7-2-1-3-8-14/h4-6,12-13H,1-3,7-8H2. The molecule has 2 aliphatic heterocycles. The Kier molecular flexibility index (Phi) is 1.88. The summed E-state index contributed by atoms with van der Waals surface area (Å²) in [5.74, 6) is 0.189. The molecule has 0 N–H and O–H groups in total. The first-order chi connectivity index (χ1) is 8.30. The molecule has 90 valence electrons. The molecule has 2 fully saturated rings. The van der Waals surface area contributed by atoms with Crippen LogP contribution in [0, 0.1) is 5.82 Å². The van der Waals surface area contributed by atoms with Gasteiger partial charge in [0.1, 0.15) is 17.8 Å². The molecular formula is C14H15FO2. The van der Waals surface area contributed by atoms with E-state index in [1.807, 2.05) is 6.07 Å². The smallest absolute Gasteiger partial charge is 0.165 e. The van der Waals surface area contributed by atoms with Crippen LogP contribution in [0.25, 0.3) is 0 Å². The third-order valence-corrected chi connectivity index (χ3v) is 4.32. The van der Waals surface area contributed by atoms with E-state index in [9.17, 15) is 4.39 Å². The highest BCUT2D eigenvalue weighted by Crippen LogP contribution is 2.58. The molecule has 1 saturated carbocycles. The Bertz CT molecular complexity index is 465. The number of epoxide rings is 1. The zero-order chi connectivity index (χ0) is 11.5. The summed E-state index contributed by atoms with van der Waals surface area (Å²) in [7, 11) is 0. The minimum Gasteiger partial charge on any atom is -0.481 e. The van der Waals surface area contributed by atoms with E-state index >= 15 is 0 Å². The van der Waals surface area contributed by atoms with E-state index in [2.05, 4.69) is 0 Å². The lowest BCUT2D eigenvalue weighted by Crippen LogP contribution is -2.46. The normalized spacial score (nSPS) is 32.5. The number of fused-ring (bicyclic) bond motifs is 4. The fraction of sp³-hybridized carbons (Fsp3) is 0.571. The molecule has 2 unspecified atom stereocenters. The molecule has 0 amide bonds. The SMILES string of the molecule is Fc1cccc2c1OC1(CCCCC1)C1OC21. The quantitative estimate of drug-likeness (QED) is 0.642. The van der Waals surface area contributed by atoms with Crippen molar-refractivity contribution in [3.8, 4) is 5.75 Å². The lowest BCUT2D eigenvalue weighted by Gasteiger charge is -2.39. The highest BCUT2D eigenvalue weighted by Gasteiger charge is 2.61. The van der Waals surface area contributed by atoms with Crippen molar-refractivity contribution < 1.29 is 13.9 Å². The van der Waals surface area contributed by atoms with E-state index in [0.717, 1.165) is 31.2 Å². The molecule has 2 heterocycles. The number of hydrogen-bond donors (Lipinski definition) is 0. The molecule has 0 bridgehead atoms. The van der Waals surface area contributed by atoms with Gasteiger partial charge in [0.2, 0.25) is 0 Å². The third-order valence-electron chi connectivity index (χ3n) is 4.32. The summed E-state index contributed by atoms with van der Waals surface area (Å²) < 4.78 is 25.6. The van der Waals surface area contributed by atoms with Crippen LogP contribution >= 0.6 is 0 Å². The van der Waals surface area contributed by atoms with Crippen molar-refractivity contribution >= 4 is 0 Å². The Morgan fingerprint density at radius 3 is 2.82 bits per heavy atom. The van der Waals surface area contributed by atoms with Crippen LogP contribution in [0.1, 0.15) is 43.8 Å². The lowest BCUT2D eigenvalue weighted by atomic mass is 9.79. The van der Waals surface area contributed by atoms with E-state index in [-0.39, 0.29) is 23.6 Å². The first-order valence-electron chi connectivity index (χ1n) is 6.43. The summed E-state index contributed by atoms with van der Waals surface area (Å²) in [6.45, 7) is 0. The van der Waals surface area contributed by atoms with Gasteiger partial charge < -0.3 is 9.47 Å². The van der Waals surface area contributed by atoms with Crippen LogP contribution in [0.15, 0.2) is 18.2 Å². The number of benzene rings is 1. The second-order valence-electron chi connectivity index (χ2n) is 5.36. The summed E-state index contributed by atoms with van der Waals surface area (Å²) in [5.41, 5.74) is 0.657. The molecule has 3 heteroatoms. The van der Waals surface area contributed by atoms with Gasteiger partial charge in [-0.15, -0.1) is 0 Å². The maximum atomic E-state index is 13.8. The monoisotopic (exact) mass is 234 g/mol. The number of halogens is 1. The van der Waals surface area contributed by atoms with Crippen molar-refractivity contribution in [2.24, 2.45) is 0 Å². The van der Waals surface area contributed by atoms with Gasteiger partial charge >= 0.3 is 0 Å². The van der Waals surface area contributed by atoms with Gasteiger partial charge in [-0.25, -0.2) is 4.39 Å². The van der Waals surface area contributed by atoms with Crippen LogP contribution in [-0.4, -0.2) is 11.7 Å². The van der Waals surface area contributed by atoms with Crippen LogP contribution in [0.5, 0.6) is 5.75 Å². The molecule has 1 aromatic rings. The van der Waals surface area contributed by atoms with Crippen molar-refractivity contribution in [2.45, 2.75) is 49.9 Å². The molecule has 0 aromatic heterocycles. The molecule has 17 heavy (non-hydrogen) atoms. The largest absolute Gasteiger partial charge is 0.481 e. The summed E-state index contributed by atoms with van der Waals surface area (Å²) in [4.78, 5) is 0. The van der Waals surface area contributed by atoms with Crippen molar-refractivity contribution in [3.63, 3.8) is 0 Å². The summed E-state index contributed by atoms with van der Waals surface area (Å²) in [5, 5.41) is 0. The van der Waals surface area contributed by atoms with Crippen LogP contribution < -0.4 is 4.74 Å². The van der Waals surface area contributed by atoms with Crippen LogP contribution in [0.3, 0.4) is 0 Å². The minimum atomic E-state index is -0.249. The van der Waals surface area contributed by atoms with Crippen LogP contribution in [-0.2, 0) is 4.74 Å². The molecular weight excluding hydrogens is 219 g/mol.